The van der Waals surface area contributed by atoms with Crippen LogP contribution in [0.5, 0.6) is 0 Å². The van der Waals surface area contributed by atoms with Crippen molar-refractivity contribution in [3.8, 4) is 0 Å². The van der Waals surface area contributed by atoms with Gasteiger partial charge in [-0.25, -0.2) is 0 Å². The zero-order valence-electron chi connectivity index (χ0n) is 14.8. The first-order valence-electron chi connectivity index (χ1n) is 8.46. The molecule has 0 radical (unpaired) electrons. The highest BCUT2D eigenvalue weighted by Gasteiger charge is 2.24. The van der Waals surface area contributed by atoms with E-state index in [4.69, 9.17) is 0 Å². The van der Waals surface area contributed by atoms with Crippen molar-refractivity contribution >= 4 is 27.7 Å². The highest BCUT2D eigenvalue weighted by Crippen LogP contribution is 2.39. The van der Waals surface area contributed by atoms with Gasteiger partial charge in [0.2, 0.25) is 0 Å². The molecule has 1 unspecified atom stereocenters. The Kier molecular flexibility index (Phi) is 5.69. The monoisotopic (exact) mass is 380 g/mol. The fourth-order valence-corrected chi connectivity index (χ4v) is 3.29. The summed E-state index contributed by atoms with van der Waals surface area (Å²) in [5.74, 6) is 0.00923. The molecule has 0 amide bonds. The molecule has 0 spiro atoms. The van der Waals surface area contributed by atoms with Crippen molar-refractivity contribution in [2.45, 2.75) is 17.7 Å². The number of anilines is 1. The third-order valence-corrected chi connectivity index (χ3v) is 5.06. The summed E-state index contributed by atoms with van der Waals surface area (Å²) >= 11 is 0. The maximum Gasteiger partial charge on any atom is 0.294 e. The van der Waals surface area contributed by atoms with Gasteiger partial charge in [-0.05, 0) is 48.0 Å². The van der Waals surface area contributed by atoms with Crippen LogP contribution in [0.25, 0.3) is 0 Å². The molecule has 3 rings (SSSR count). The average Bonchev–Trinajstić information content (AvgIpc) is 2.96. The van der Waals surface area contributed by atoms with Crippen molar-refractivity contribution in [3.05, 3.63) is 90.2 Å². The Morgan fingerprint density at radius 3 is 2.52 bits per heavy atom. The minimum atomic E-state index is -4.20. The van der Waals surface area contributed by atoms with Gasteiger partial charge in [0.05, 0.1) is 10.6 Å². The summed E-state index contributed by atoms with van der Waals surface area (Å²) in [5, 5.41) is 3.27. The Balaban J connectivity index is 1.63. The largest absolute Gasteiger partial charge is 0.358 e. The van der Waals surface area contributed by atoms with Crippen LogP contribution >= 0.6 is 0 Å². The number of fused-ring (bicyclic) bond motifs is 1. The van der Waals surface area contributed by atoms with Crippen LogP contribution in [0, 0.1) is 0 Å². The molecule has 5 nitrogen and oxygen atoms in total. The first-order chi connectivity index (χ1) is 12.9. The topological polar surface area (TPSA) is 78.8 Å². The molecule has 0 aliphatic carbocycles. The van der Waals surface area contributed by atoms with Crippen molar-refractivity contribution in [3.63, 3.8) is 0 Å². The predicted octanol–water partition coefficient (Wildman–Crippen LogP) is 4.86. The van der Waals surface area contributed by atoms with Crippen LogP contribution in [0.15, 0.2) is 94.5 Å². The highest BCUT2D eigenvalue weighted by molar-refractivity contribution is 7.85. The van der Waals surface area contributed by atoms with Crippen molar-refractivity contribution in [2.24, 2.45) is 4.99 Å². The van der Waals surface area contributed by atoms with E-state index in [0.717, 1.165) is 22.6 Å². The number of aliphatic imine (C=N–C) groups is 1. The zero-order chi connectivity index (χ0) is 19.3. The first kappa shape index (κ1) is 18.8. The van der Waals surface area contributed by atoms with Crippen LogP contribution in [-0.4, -0.2) is 19.2 Å². The Labute approximate surface area is 159 Å². The quantitative estimate of drug-likeness (QED) is 0.441. The minimum Gasteiger partial charge on any atom is -0.358 e. The maximum atomic E-state index is 11.3. The summed E-state index contributed by atoms with van der Waals surface area (Å²) in [5.41, 5.74) is 3.55. The van der Waals surface area contributed by atoms with Gasteiger partial charge >= 0.3 is 0 Å². The van der Waals surface area contributed by atoms with Gasteiger partial charge in [0.1, 0.15) is 0 Å². The fourth-order valence-electron chi connectivity index (χ4n) is 2.77. The molecule has 27 heavy (non-hydrogen) atoms. The van der Waals surface area contributed by atoms with E-state index in [1.165, 1.54) is 12.1 Å². The van der Waals surface area contributed by atoms with Crippen LogP contribution in [0.3, 0.4) is 0 Å². The van der Waals surface area contributed by atoms with Crippen LogP contribution in [0.2, 0.25) is 0 Å². The number of nitrogens with one attached hydrogen (secondary N) is 1. The molecule has 1 heterocycles. The molecule has 0 fully saturated rings. The molecular formula is C21H20N2O3S. The number of benzene rings is 2. The molecule has 0 bridgehead atoms. The van der Waals surface area contributed by atoms with Crippen LogP contribution in [0.1, 0.15) is 18.4 Å². The molecule has 1 atom stereocenters. The normalized spacial score (nSPS) is 18.6. The molecule has 2 N–H and O–H groups in total. The van der Waals surface area contributed by atoms with Crippen molar-refractivity contribution in [1.82, 2.24) is 0 Å². The minimum absolute atomic E-state index is 0.00923. The van der Waals surface area contributed by atoms with Gasteiger partial charge in [-0.15, -0.1) is 0 Å². The fraction of sp³-hybridized carbons (Fsp3) is 0.0952. The van der Waals surface area contributed by atoms with Crippen LogP contribution in [0.4, 0.5) is 11.4 Å². The van der Waals surface area contributed by atoms with Gasteiger partial charge in [0, 0.05) is 23.5 Å². The lowest BCUT2D eigenvalue weighted by Gasteiger charge is -2.05. The van der Waals surface area contributed by atoms with Crippen molar-refractivity contribution in [2.75, 3.05) is 5.32 Å². The van der Waals surface area contributed by atoms with E-state index >= 15 is 0 Å². The number of nitrogens with zero attached hydrogens (tertiary/aromatic N) is 1. The van der Waals surface area contributed by atoms with E-state index in [9.17, 15) is 13.0 Å². The summed E-state index contributed by atoms with van der Waals surface area (Å²) in [6.45, 7) is 1.98. The van der Waals surface area contributed by atoms with E-state index in [-0.39, 0.29) is 10.8 Å². The number of hydrogen-bond donors (Lipinski definition) is 2. The van der Waals surface area contributed by atoms with E-state index in [2.05, 4.69) is 10.3 Å². The summed E-state index contributed by atoms with van der Waals surface area (Å²) in [6.07, 6.45) is 11.2. The molecule has 138 valence electrons. The second-order valence-electron chi connectivity index (χ2n) is 6.08. The zero-order valence-corrected chi connectivity index (χ0v) is 15.6. The van der Waals surface area contributed by atoms with Gasteiger partial charge in [-0.2, -0.15) is 8.42 Å². The molecule has 2 aromatic rings. The first-order valence-corrected chi connectivity index (χ1v) is 9.90. The van der Waals surface area contributed by atoms with Gasteiger partial charge in [0.25, 0.3) is 10.1 Å². The van der Waals surface area contributed by atoms with E-state index in [1.54, 1.807) is 12.3 Å². The second kappa shape index (κ2) is 8.16. The van der Waals surface area contributed by atoms with Gasteiger partial charge < -0.3 is 5.32 Å². The molecule has 0 aromatic heterocycles. The van der Waals surface area contributed by atoms with E-state index in [1.807, 2.05) is 67.6 Å². The summed E-state index contributed by atoms with van der Waals surface area (Å²) in [6, 6.07) is 14.3. The molecule has 0 saturated carbocycles. The van der Waals surface area contributed by atoms with E-state index in [0.29, 0.717) is 0 Å². The second-order valence-corrected chi connectivity index (χ2v) is 7.50. The number of rotatable bonds is 5. The number of allylic oxidation sites excluding steroid dienone is 6. The summed E-state index contributed by atoms with van der Waals surface area (Å²) < 4.78 is 31.8. The molecule has 1 aliphatic rings. The lowest BCUT2D eigenvalue weighted by atomic mass is 10.0. The Bertz CT molecular complexity index is 1040. The lowest BCUT2D eigenvalue weighted by molar-refractivity contribution is 0.483. The number of para-hydroxylation sites is 1. The Morgan fingerprint density at radius 2 is 1.78 bits per heavy atom. The Morgan fingerprint density at radius 1 is 1.04 bits per heavy atom. The van der Waals surface area contributed by atoms with Gasteiger partial charge in [-0.3, -0.25) is 9.55 Å². The Hall–Kier alpha value is -2.96. The lowest BCUT2D eigenvalue weighted by Crippen LogP contribution is -1.99. The summed E-state index contributed by atoms with van der Waals surface area (Å²) in [7, 11) is -4.20. The molecule has 1 aliphatic heterocycles. The van der Waals surface area contributed by atoms with Crippen LogP contribution < -0.4 is 5.32 Å². The predicted molar refractivity (Wildman–Crippen MR) is 109 cm³/mol. The summed E-state index contributed by atoms with van der Waals surface area (Å²) in [4.78, 5) is 4.22. The van der Waals surface area contributed by atoms with Gasteiger partial charge in [0.15, 0.2) is 0 Å². The van der Waals surface area contributed by atoms with Crippen molar-refractivity contribution in [1.29, 1.82) is 0 Å². The van der Waals surface area contributed by atoms with Gasteiger partial charge in [-0.1, -0.05) is 43.4 Å². The van der Waals surface area contributed by atoms with E-state index < -0.39 is 10.1 Å². The third-order valence-electron chi connectivity index (χ3n) is 4.21. The SMILES string of the molecule is CC1C(=CC=CC=CC=Nc2ccccc2)Nc2ccc(S(=O)(=O)O)cc21. The maximum absolute atomic E-state index is 11.3. The number of hydrogen-bond acceptors (Lipinski definition) is 4. The molecule has 6 heteroatoms. The molecule has 0 saturated heterocycles. The average molecular weight is 380 g/mol. The molecular weight excluding hydrogens is 360 g/mol. The van der Waals surface area contributed by atoms with Crippen molar-refractivity contribution < 1.29 is 13.0 Å². The highest BCUT2D eigenvalue weighted by atomic mass is 32.2. The molecule has 2 aromatic carbocycles. The smallest absolute Gasteiger partial charge is 0.294 e. The standard InChI is InChI=1S/C21H20N2O3S/c1-16-19-15-18(27(24,25)26)12-13-21(19)23-20(16)11-7-2-3-8-14-22-17-9-5-4-6-10-17/h2-16,23H,1H3,(H,24,25,26). The van der Waals surface area contributed by atoms with Crippen LogP contribution in [-0.2, 0) is 10.1 Å². The third kappa shape index (κ3) is 4.81.